The van der Waals surface area contributed by atoms with Gasteiger partial charge in [-0.1, -0.05) is 0 Å². The van der Waals surface area contributed by atoms with Crippen LogP contribution in [0.5, 0.6) is 0 Å². The molecule has 0 radical (unpaired) electrons. The monoisotopic (exact) mass is 164 g/mol. The molecule has 0 bridgehead atoms. The van der Waals surface area contributed by atoms with E-state index in [1.54, 1.807) is 0 Å². The summed E-state index contributed by atoms with van der Waals surface area (Å²) in [5.41, 5.74) is 0. The highest BCUT2D eigenvalue weighted by molar-refractivity contribution is 6.44. The number of halogens is 2. The number of hydrogen-bond donors (Lipinski definition) is 0. The van der Waals surface area contributed by atoms with Crippen molar-refractivity contribution in [1.82, 2.24) is 0 Å². The van der Waals surface area contributed by atoms with Gasteiger partial charge in [0.05, 0.1) is 0 Å². The summed E-state index contributed by atoms with van der Waals surface area (Å²) in [4.78, 5) is -0.0949. The second kappa shape index (κ2) is 2.03. The molecule has 0 N–H and O–H groups in total. The van der Waals surface area contributed by atoms with Gasteiger partial charge in [-0.25, -0.2) is 0 Å². The number of alkyl halides is 2. The van der Waals surface area contributed by atoms with Crippen LogP contribution >= 0.6 is 23.2 Å². The van der Waals surface area contributed by atoms with Gasteiger partial charge in [-0.15, -0.1) is 23.2 Å². The zero-order chi connectivity index (χ0) is 6.43. The van der Waals surface area contributed by atoms with Crippen molar-refractivity contribution in [2.24, 2.45) is 17.8 Å². The maximum absolute atomic E-state index is 5.77. The van der Waals surface area contributed by atoms with E-state index in [4.69, 9.17) is 23.2 Å². The van der Waals surface area contributed by atoms with Crippen molar-refractivity contribution >= 4 is 23.2 Å². The summed E-state index contributed by atoms with van der Waals surface area (Å²) in [7, 11) is 0. The summed E-state index contributed by atoms with van der Waals surface area (Å²) < 4.78 is 0. The fraction of sp³-hybridized carbons (Fsp3) is 1.00. The molecule has 2 aliphatic carbocycles. The van der Waals surface area contributed by atoms with Crippen molar-refractivity contribution in [3.8, 4) is 0 Å². The van der Waals surface area contributed by atoms with E-state index in [1.165, 1.54) is 19.3 Å². The van der Waals surface area contributed by atoms with E-state index in [0.29, 0.717) is 5.92 Å². The van der Waals surface area contributed by atoms with Crippen LogP contribution < -0.4 is 0 Å². The molecule has 3 atom stereocenters. The summed E-state index contributed by atoms with van der Waals surface area (Å²) in [5.74, 6) is 2.55. The van der Waals surface area contributed by atoms with Gasteiger partial charge in [-0.2, -0.15) is 0 Å². The molecule has 0 aromatic rings. The third kappa shape index (κ3) is 0.969. The van der Waals surface area contributed by atoms with Gasteiger partial charge in [0.1, 0.15) is 4.84 Å². The predicted octanol–water partition coefficient (Wildman–Crippen LogP) is 2.84. The minimum absolute atomic E-state index is 0.0949. The second-order valence-electron chi connectivity index (χ2n) is 3.24. The molecule has 9 heavy (non-hydrogen) atoms. The molecule has 0 heterocycles. The van der Waals surface area contributed by atoms with Gasteiger partial charge in [0.2, 0.25) is 0 Å². The van der Waals surface area contributed by atoms with Crippen LogP contribution in [-0.2, 0) is 0 Å². The Hall–Kier alpha value is 0.580. The summed E-state index contributed by atoms with van der Waals surface area (Å²) in [6.45, 7) is 0. The van der Waals surface area contributed by atoms with Crippen LogP contribution in [0, 0.1) is 17.8 Å². The normalized spacial score (nSPS) is 47.7. The van der Waals surface area contributed by atoms with Crippen LogP contribution in [0.15, 0.2) is 0 Å². The molecular weight excluding hydrogens is 155 g/mol. The molecule has 0 spiro atoms. The first-order valence-corrected chi connectivity index (χ1v) is 4.44. The van der Waals surface area contributed by atoms with Gasteiger partial charge in [-0.3, -0.25) is 0 Å². The second-order valence-corrected chi connectivity index (χ2v) is 4.40. The molecule has 0 unspecified atom stereocenters. The maximum atomic E-state index is 5.77. The lowest BCUT2D eigenvalue weighted by atomic mass is 10.1. The highest BCUT2D eigenvalue weighted by Crippen LogP contribution is 2.57. The lowest BCUT2D eigenvalue weighted by molar-refractivity contribution is 0.514. The number of fused-ring (bicyclic) bond motifs is 1. The standard InChI is InChI=1S/C7H10Cl2/c8-7(9)5-2-1-4-3-6(4)5/h4-7H,1-3H2/t4-,5+,6+/m1/s1. The molecule has 0 aromatic heterocycles. The fourth-order valence-corrected chi connectivity index (χ4v) is 2.69. The molecular formula is C7H10Cl2. The SMILES string of the molecule is ClC(Cl)[C@H]1CC[C@@H]2C[C@@H]21. The van der Waals surface area contributed by atoms with Crippen LogP contribution in [0.25, 0.3) is 0 Å². The van der Waals surface area contributed by atoms with Crippen molar-refractivity contribution in [1.29, 1.82) is 0 Å². The van der Waals surface area contributed by atoms with Crippen molar-refractivity contribution in [2.75, 3.05) is 0 Å². The first-order chi connectivity index (χ1) is 4.29. The molecule has 2 rings (SSSR count). The molecule has 0 aliphatic heterocycles. The van der Waals surface area contributed by atoms with Crippen LogP contribution in [-0.4, -0.2) is 4.84 Å². The molecule has 0 nitrogen and oxygen atoms in total. The third-order valence-electron chi connectivity index (χ3n) is 2.72. The molecule has 2 aliphatic rings. The Kier molecular flexibility index (Phi) is 1.42. The van der Waals surface area contributed by atoms with Crippen molar-refractivity contribution in [3.05, 3.63) is 0 Å². The summed E-state index contributed by atoms with van der Waals surface area (Å²) >= 11 is 11.5. The lowest BCUT2D eigenvalue weighted by Gasteiger charge is -2.10. The molecule has 0 amide bonds. The minimum atomic E-state index is -0.0949. The summed E-state index contributed by atoms with van der Waals surface area (Å²) in [6.07, 6.45) is 4.05. The first kappa shape index (κ1) is 6.30. The van der Waals surface area contributed by atoms with E-state index in [9.17, 15) is 0 Å². The third-order valence-corrected chi connectivity index (χ3v) is 3.37. The number of rotatable bonds is 1. The molecule has 2 heteroatoms. The van der Waals surface area contributed by atoms with Gasteiger partial charge in [0.15, 0.2) is 0 Å². The average molecular weight is 165 g/mol. The van der Waals surface area contributed by atoms with E-state index < -0.39 is 0 Å². The predicted molar refractivity (Wildman–Crippen MR) is 39.8 cm³/mol. The quantitative estimate of drug-likeness (QED) is 0.524. The minimum Gasteiger partial charge on any atom is -0.105 e. The van der Waals surface area contributed by atoms with Crippen molar-refractivity contribution in [2.45, 2.75) is 24.1 Å². The highest BCUT2D eigenvalue weighted by Gasteiger charge is 2.49. The van der Waals surface area contributed by atoms with Gasteiger partial charge < -0.3 is 0 Å². The Balaban J connectivity index is 1.98. The van der Waals surface area contributed by atoms with Gasteiger partial charge in [0.25, 0.3) is 0 Å². The Morgan fingerprint density at radius 2 is 2.00 bits per heavy atom. The summed E-state index contributed by atoms with van der Waals surface area (Å²) in [5, 5.41) is 0. The van der Waals surface area contributed by atoms with Crippen LogP contribution in [0.4, 0.5) is 0 Å². The Labute approximate surface area is 65.5 Å². The molecule has 2 fully saturated rings. The van der Waals surface area contributed by atoms with E-state index in [2.05, 4.69) is 0 Å². The van der Waals surface area contributed by atoms with E-state index in [-0.39, 0.29) is 4.84 Å². The lowest BCUT2D eigenvalue weighted by Crippen LogP contribution is -2.07. The van der Waals surface area contributed by atoms with E-state index in [1.807, 2.05) is 0 Å². The van der Waals surface area contributed by atoms with Crippen LogP contribution in [0.2, 0.25) is 0 Å². The zero-order valence-corrected chi connectivity index (χ0v) is 6.70. The van der Waals surface area contributed by atoms with Gasteiger partial charge >= 0.3 is 0 Å². The van der Waals surface area contributed by atoms with E-state index in [0.717, 1.165) is 11.8 Å². The van der Waals surface area contributed by atoms with Crippen molar-refractivity contribution < 1.29 is 0 Å². The zero-order valence-electron chi connectivity index (χ0n) is 5.19. The summed E-state index contributed by atoms with van der Waals surface area (Å²) in [6, 6.07) is 0. The topological polar surface area (TPSA) is 0 Å². The largest absolute Gasteiger partial charge is 0.110 e. The molecule has 0 saturated heterocycles. The number of hydrogen-bond acceptors (Lipinski definition) is 0. The van der Waals surface area contributed by atoms with E-state index >= 15 is 0 Å². The first-order valence-electron chi connectivity index (χ1n) is 3.57. The average Bonchev–Trinajstić information content (AvgIpc) is 2.43. The highest BCUT2D eigenvalue weighted by atomic mass is 35.5. The van der Waals surface area contributed by atoms with Gasteiger partial charge in [0, 0.05) is 0 Å². The Morgan fingerprint density at radius 3 is 2.22 bits per heavy atom. The van der Waals surface area contributed by atoms with Gasteiger partial charge in [-0.05, 0) is 37.0 Å². The van der Waals surface area contributed by atoms with Crippen LogP contribution in [0.1, 0.15) is 19.3 Å². The Bertz CT molecular complexity index is 122. The molecule has 0 aromatic carbocycles. The fourth-order valence-electron chi connectivity index (χ4n) is 2.06. The Morgan fingerprint density at radius 1 is 1.22 bits per heavy atom. The maximum Gasteiger partial charge on any atom is 0.110 e. The smallest absolute Gasteiger partial charge is 0.105 e. The molecule has 52 valence electrons. The van der Waals surface area contributed by atoms with Crippen molar-refractivity contribution in [3.63, 3.8) is 0 Å². The van der Waals surface area contributed by atoms with Crippen LogP contribution in [0.3, 0.4) is 0 Å². The molecule has 2 saturated carbocycles.